The first-order chi connectivity index (χ1) is 18.7. The summed E-state index contributed by atoms with van der Waals surface area (Å²) in [5.41, 5.74) is 7.41. The first-order valence-electron chi connectivity index (χ1n) is 12.7. The molecule has 10 heteroatoms. The summed E-state index contributed by atoms with van der Waals surface area (Å²) in [6.07, 6.45) is 3.61. The molecule has 0 aliphatic carbocycles. The summed E-state index contributed by atoms with van der Waals surface area (Å²) < 4.78 is 3.47. The smallest absolute Gasteiger partial charge is 0.255 e. The van der Waals surface area contributed by atoms with Gasteiger partial charge in [0.05, 0.1) is 29.7 Å². The van der Waals surface area contributed by atoms with Crippen LogP contribution in [-0.4, -0.2) is 68.8 Å². The highest BCUT2D eigenvalue weighted by molar-refractivity contribution is 6.05. The molecule has 5 rings (SSSR count). The molecule has 1 aliphatic heterocycles. The number of nitrogens with one attached hydrogen (secondary N) is 1. The molecular weight excluding hydrogens is 490 g/mol. The Morgan fingerprint density at radius 1 is 1.05 bits per heavy atom. The quantitative estimate of drug-likeness (QED) is 0.384. The number of piperazine rings is 1. The van der Waals surface area contributed by atoms with Gasteiger partial charge in [-0.1, -0.05) is 17.9 Å². The van der Waals surface area contributed by atoms with Gasteiger partial charge in [-0.05, 0) is 62.4 Å². The standard InChI is InChI=1S/C29H31N9O/c1-19-6-7-22(14-28(19)38-18-27(33-34-38)26-17-31-36(5)21(26)3)29(39)32-24-12-23(20(2)16-30)13-25(15-24)37-10-8-35(4)9-11-37/h6-7,12-15,17-18H,2,8-11H2,1,3-5H3,(H,32,39). The number of carbonyl (C=O) groups is 1. The van der Waals surface area contributed by atoms with Crippen LogP contribution in [0.25, 0.3) is 22.5 Å². The molecule has 4 aromatic rings. The van der Waals surface area contributed by atoms with E-state index in [1.165, 1.54) is 0 Å². The number of hydrogen-bond donors (Lipinski definition) is 1. The van der Waals surface area contributed by atoms with Gasteiger partial charge in [-0.25, -0.2) is 4.68 Å². The van der Waals surface area contributed by atoms with Crippen LogP contribution in [0.2, 0.25) is 0 Å². The van der Waals surface area contributed by atoms with Gasteiger partial charge in [-0.2, -0.15) is 10.4 Å². The fourth-order valence-corrected chi connectivity index (χ4v) is 4.63. The van der Waals surface area contributed by atoms with Crippen LogP contribution in [-0.2, 0) is 7.05 Å². The van der Waals surface area contributed by atoms with Crippen molar-refractivity contribution in [3.8, 4) is 23.0 Å². The number of amides is 1. The van der Waals surface area contributed by atoms with Gasteiger partial charge < -0.3 is 15.1 Å². The number of nitriles is 1. The number of anilines is 2. The van der Waals surface area contributed by atoms with E-state index in [1.807, 2.05) is 45.3 Å². The molecule has 39 heavy (non-hydrogen) atoms. The van der Waals surface area contributed by atoms with Crippen LogP contribution in [0.5, 0.6) is 0 Å². The van der Waals surface area contributed by atoms with Crippen molar-refractivity contribution < 1.29 is 4.79 Å². The molecule has 0 unspecified atom stereocenters. The van der Waals surface area contributed by atoms with Crippen LogP contribution >= 0.6 is 0 Å². The van der Waals surface area contributed by atoms with Crippen LogP contribution in [0.1, 0.15) is 27.2 Å². The van der Waals surface area contributed by atoms with Crippen molar-refractivity contribution in [3.63, 3.8) is 0 Å². The van der Waals surface area contributed by atoms with Crippen LogP contribution in [0.3, 0.4) is 0 Å². The summed E-state index contributed by atoms with van der Waals surface area (Å²) >= 11 is 0. The lowest BCUT2D eigenvalue weighted by molar-refractivity contribution is 0.102. The minimum Gasteiger partial charge on any atom is -0.369 e. The Bertz CT molecular complexity index is 1600. The largest absolute Gasteiger partial charge is 0.369 e. The van der Waals surface area contributed by atoms with Crippen molar-refractivity contribution in [1.29, 1.82) is 5.26 Å². The average Bonchev–Trinajstić information content (AvgIpc) is 3.55. The Morgan fingerprint density at radius 3 is 2.51 bits per heavy atom. The summed E-state index contributed by atoms with van der Waals surface area (Å²) in [5.74, 6) is -0.260. The molecule has 3 heterocycles. The first-order valence-corrected chi connectivity index (χ1v) is 12.7. The normalized spacial score (nSPS) is 13.8. The van der Waals surface area contributed by atoms with Gasteiger partial charge in [-0.15, -0.1) is 5.10 Å². The topological polar surface area (TPSA) is 108 Å². The Labute approximate surface area is 227 Å². The van der Waals surface area contributed by atoms with Crippen molar-refractivity contribution in [3.05, 3.63) is 77.8 Å². The highest BCUT2D eigenvalue weighted by Gasteiger charge is 2.18. The van der Waals surface area contributed by atoms with Crippen molar-refractivity contribution >= 4 is 22.9 Å². The minimum atomic E-state index is -0.260. The fraction of sp³-hybridized carbons (Fsp3) is 0.276. The predicted molar refractivity (Wildman–Crippen MR) is 152 cm³/mol. The lowest BCUT2D eigenvalue weighted by Gasteiger charge is -2.34. The number of hydrogen-bond acceptors (Lipinski definition) is 7. The van der Waals surface area contributed by atoms with Crippen LogP contribution in [0.15, 0.2) is 55.4 Å². The summed E-state index contributed by atoms with van der Waals surface area (Å²) in [6.45, 7) is 11.5. The molecule has 0 bridgehead atoms. The van der Waals surface area contributed by atoms with Gasteiger partial charge in [0.2, 0.25) is 0 Å². The molecule has 2 aromatic heterocycles. The second-order valence-electron chi connectivity index (χ2n) is 9.92. The highest BCUT2D eigenvalue weighted by atomic mass is 16.1. The summed E-state index contributed by atoms with van der Waals surface area (Å²) in [4.78, 5) is 17.9. The third kappa shape index (κ3) is 5.30. The number of benzene rings is 2. The number of nitrogens with zero attached hydrogens (tertiary/aromatic N) is 8. The Balaban J connectivity index is 1.42. The highest BCUT2D eigenvalue weighted by Crippen LogP contribution is 2.28. The van der Waals surface area contributed by atoms with Gasteiger partial charge in [0.25, 0.3) is 5.91 Å². The Hall–Kier alpha value is -4.75. The second-order valence-corrected chi connectivity index (χ2v) is 9.92. The number of likely N-dealkylation sites (N-methyl/N-ethyl adjacent to an activating group) is 1. The van der Waals surface area contributed by atoms with E-state index in [9.17, 15) is 10.1 Å². The maximum Gasteiger partial charge on any atom is 0.255 e. The maximum absolute atomic E-state index is 13.4. The number of rotatable bonds is 6. The molecule has 1 amide bonds. The van der Waals surface area contributed by atoms with Crippen LogP contribution in [0, 0.1) is 25.2 Å². The lowest BCUT2D eigenvalue weighted by Crippen LogP contribution is -2.44. The molecule has 0 spiro atoms. The number of aryl methyl sites for hydroxylation is 2. The van der Waals surface area contributed by atoms with Gasteiger partial charge in [0, 0.05) is 61.4 Å². The molecule has 0 radical (unpaired) electrons. The molecule has 198 valence electrons. The molecule has 1 N–H and O–H groups in total. The third-order valence-electron chi connectivity index (χ3n) is 7.25. The lowest BCUT2D eigenvalue weighted by atomic mass is 10.0. The Morgan fingerprint density at radius 2 is 1.82 bits per heavy atom. The van der Waals surface area contributed by atoms with Gasteiger partial charge in [-0.3, -0.25) is 9.48 Å². The average molecular weight is 522 g/mol. The predicted octanol–water partition coefficient (Wildman–Crippen LogP) is 3.83. The SMILES string of the molecule is C=C(C#N)c1cc(NC(=O)c2ccc(C)c(-n3cc(-c4cnn(C)c4C)nn3)c2)cc(N2CCN(C)CC2)c1. The second kappa shape index (κ2) is 10.6. The van der Waals surface area contributed by atoms with E-state index < -0.39 is 0 Å². The molecule has 1 fully saturated rings. The van der Waals surface area contributed by atoms with Gasteiger partial charge >= 0.3 is 0 Å². The van der Waals surface area contributed by atoms with Crippen LogP contribution in [0.4, 0.5) is 11.4 Å². The molecule has 0 saturated carbocycles. The monoisotopic (exact) mass is 521 g/mol. The summed E-state index contributed by atoms with van der Waals surface area (Å²) in [7, 11) is 3.99. The number of allylic oxidation sites excluding steroid dienone is 1. The van der Waals surface area contributed by atoms with E-state index in [4.69, 9.17) is 0 Å². The van der Waals surface area contributed by atoms with E-state index in [-0.39, 0.29) is 5.91 Å². The maximum atomic E-state index is 13.4. The van der Waals surface area contributed by atoms with Crippen molar-refractivity contribution in [2.45, 2.75) is 13.8 Å². The molecule has 1 aliphatic rings. The van der Waals surface area contributed by atoms with Crippen molar-refractivity contribution in [2.24, 2.45) is 7.05 Å². The van der Waals surface area contributed by atoms with Crippen molar-refractivity contribution in [2.75, 3.05) is 43.4 Å². The zero-order chi connectivity index (χ0) is 27.7. The molecule has 2 aromatic carbocycles. The number of carbonyl (C=O) groups excluding carboxylic acids is 1. The summed E-state index contributed by atoms with van der Waals surface area (Å²) in [5, 5.41) is 25.4. The van der Waals surface area contributed by atoms with E-state index in [1.54, 1.807) is 33.8 Å². The van der Waals surface area contributed by atoms with E-state index >= 15 is 0 Å². The van der Waals surface area contributed by atoms with Crippen LogP contribution < -0.4 is 10.2 Å². The Kier molecular flexibility index (Phi) is 7.00. The zero-order valence-corrected chi connectivity index (χ0v) is 22.6. The molecule has 1 saturated heterocycles. The van der Waals surface area contributed by atoms with E-state index in [0.29, 0.717) is 28.1 Å². The van der Waals surface area contributed by atoms with E-state index in [0.717, 1.165) is 54.4 Å². The van der Waals surface area contributed by atoms with Gasteiger partial charge in [0.15, 0.2) is 0 Å². The molecule has 0 atom stereocenters. The van der Waals surface area contributed by atoms with Gasteiger partial charge in [0.1, 0.15) is 5.69 Å². The number of aromatic nitrogens is 5. The third-order valence-corrected chi connectivity index (χ3v) is 7.25. The first kappa shape index (κ1) is 25.9. The summed E-state index contributed by atoms with van der Waals surface area (Å²) in [6, 6.07) is 13.3. The fourth-order valence-electron chi connectivity index (χ4n) is 4.63. The van der Waals surface area contributed by atoms with E-state index in [2.05, 4.69) is 50.2 Å². The molecular formula is C29H31N9O. The van der Waals surface area contributed by atoms with Crippen molar-refractivity contribution in [1.82, 2.24) is 29.7 Å². The zero-order valence-electron chi connectivity index (χ0n) is 22.6. The molecule has 10 nitrogen and oxygen atoms in total. The minimum absolute atomic E-state index is 0.260.